The van der Waals surface area contributed by atoms with Crippen LogP contribution in [0.25, 0.3) is 0 Å². The van der Waals surface area contributed by atoms with Gasteiger partial charge in [0.25, 0.3) is 0 Å². The summed E-state index contributed by atoms with van der Waals surface area (Å²) in [6.45, 7) is 2.01. The van der Waals surface area contributed by atoms with E-state index >= 15 is 0 Å². The summed E-state index contributed by atoms with van der Waals surface area (Å²) in [5.74, 6) is -1.09. The van der Waals surface area contributed by atoms with Crippen LogP contribution in [0.2, 0.25) is 0 Å². The van der Waals surface area contributed by atoms with Gasteiger partial charge in [-0.2, -0.15) is 0 Å². The Balaban J connectivity index is 2.89. The lowest BCUT2D eigenvalue weighted by atomic mass is 9.90. The fourth-order valence-electron chi connectivity index (χ4n) is 1.77. The highest BCUT2D eigenvalue weighted by atomic mass is 19.1. The maximum absolute atomic E-state index is 13.5. The number of aliphatic hydroxyl groups excluding tert-OH is 1. The maximum Gasteiger partial charge on any atom is 0.126 e. The van der Waals surface area contributed by atoms with Gasteiger partial charge in [-0.05, 0) is 42.5 Å². The second-order valence-electron chi connectivity index (χ2n) is 3.90. The van der Waals surface area contributed by atoms with Crippen molar-refractivity contribution in [3.63, 3.8) is 0 Å². The third-order valence-corrected chi connectivity index (χ3v) is 2.72. The van der Waals surface area contributed by atoms with Gasteiger partial charge in [0.05, 0.1) is 6.10 Å². The first kappa shape index (κ1) is 13.1. The van der Waals surface area contributed by atoms with Gasteiger partial charge in [-0.3, -0.25) is 0 Å². The van der Waals surface area contributed by atoms with Gasteiger partial charge in [-0.1, -0.05) is 6.92 Å². The second kappa shape index (κ2) is 5.92. The van der Waals surface area contributed by atoms with Crippen LogP contribution in [0.15, 0.2) is 18.2 Å². The molecule has 0 aliphatic carbocycles. The normalized spacial score (nSPS) is 14.8. The van der Waals surface area contributed by atoms with E-state index in [-0.39, 0.29) is 12.5 Å². The fourth-order valence-corrected chi connectivity index (χ4v) is 1.77. The van der Waals surface area contributed by atoms with Crippen LogP contribution in [0.3, 0.4) is 0 Å². The summed E-state index contributed by atoms with van der Waals surface area (Å²) in [5, 5.41) is 9.44. The largest absolute Gasteiger partial charge is 0.392 e. The van der Waals surface area contributed by atoms with Crippen LogP contribution >= 0.6 is 0 Å². The predicted molar refractivity (Wildman–Crippen MR) is 59.1 cm³/mol. The van der Waals surface area contributed by atoms with E-state index < -0.39 is 17.7 Å². The van der Waals surface area contributed by atoms with Gasteiger partial charge in [-0.15, -0.1) is 0 Å². The predicted octanol–water partition coefficient (Wildman–Crippen LogP) is 2.17. The summed E-state index contributed by atoms with van der Waals surface area (Å²) < 4.78 is 26.5. The van der Waals surface area contributed by atoms with Crippen molar-refractivity contribution >= 4 is 0 Å². The molecule has 3 N–H and O–H groups in total. The van der Waals surface area contributed by atoms with Crippen LogP contribution in [0.1, 0.15) is 31.2 Å². The zero-order valence-electron chi connectivity index (χ0n) is 9.29. The average Bonchev–Trinajstić information content (AvgIpc) is 2.29. The van der Waals surface area contributed by atoms with Crippen molar-refractivity contribution in [3.05, 3.63) is 35.4 Å². The van der Waals surface area contributed by atoms with Crippen molar-refractivity contribution in [2.24, 2.45) is 5.73 Å². The van der Waals surface area contributed by atoms with Crippen molar-refractivity contribution in [2.45, 2.75) is 31.8 Å². The molecule has 90 valence electrons. The van der Waals surface area contributed by atoms with Crippen molar-refractivity contribution in [1.82, 2.24) is 0 Å². The third kappa shape index (κ3) is 3.25. The first-order valence-corrected chi connectivity index (χ1v) is 5.41. The quantitative estimate of drug-likeness (QED) is 0.812. The molecule has 1 rings (SSSR count). The molecule has 1 aromatic rings. The number of hydrogen-bond acceptors (Lipinski definition) is 2. The van der Waals surface area contributed by atoms with Crippen LogP contribution in [0.5, 0.6) is 0 Å². The topological polar surface area (TPSA) is 46.2 Å². The molecule has 0 spiro atoms. The Morgan fingerprint density at radius 2 is 2.06 bits per heavy atom. The summed E-state index contributed by atoms with van der Waals surface area (Å²) in [6, 6.07) is 3.39. The highest BCUT2D eigenvalue weighted by Crippen LogP contribution is 2.27. The number of nitrogens with two attached hydrogens (primary N) is 1. The molecular formula is C12H17F2NO. The first-order valence-electron chi connectivity index (χ1n) is 5.41. The van der Waals surface area contributed by atoms with Crippen molar-refractivity contribution in [1.29, 1.82) is 0 Å². The molecule has 0 amide bonds. The number of hydrogen-bond donors (Lipinski definition) is 2. The monoisotopic (exact) mass is 229 g/mol. The van der Waals surface area contributed by atoms with E-state index in [4.69, 9.17) is 5.73 Å². The molecule has 0 saturated heterocycles. The molecule has 0 saturated carbocycles. The summed E-state index contributed by atoms with van der Waals surface area (Å²) in [4.78, 5) is 0. The lowest BCUT2D eigenvalue weighted by Gasteiger charge is -2.19. The molecule has 0 fully saturated rings. The van der Waals surface area contributed by atoms with Crippen LogP contribution in [-0.2, 0) is 0 Å². The van der Waals surface area contributed by atoms with E-state index in [1.165, 1.54) is 6.07 Å². The minimum Gasteiger partial charge on any atom is -0.392 e. The van der Waals surface area contributed by atoms with Crippen LogP contribution in [0.4, 0.5) is 8.78 Å². The molecule has 0 bridgehead atoms. The molecule has 2 atom stereocenters. The summed E-state index contributed by atoms with van der Waals surface area (Å²) in [6.07, 6.45) is 0.317. The third-order valence-electron chi connectivity index (χ3n) is 2.72. The lowest BCUT2D eigenvalue weighted by Crippen LogP contribution is -2.22. The standard InChI is InChI=1S/C12H17F2NO/c1-2-8(5-10(16)7-15)11-6-9(13)3-4-12(11)14/h3-4,6,8,10,16H,2,5,7,15H2,1H3. The zero-order valence-corrected chi connectivity index (χ0v) is 9.29. The van der Waals surface area contributed by atoms with Gasteiger partial charge in [0.2, 0.25) is 0 Å². The van der Waals surface area contributed by atoms with E-state index in [1.54, 1.807) is 0 Å². The Hall–Kier alpha value is -1.00. The Morgan fingerprint density at radius 1 is 1.38 bits per heavy atom. The van der Waals surface area contributed by atoms with Gasteiger partial charge >= 0.3 is 0 Å². The molecule has 0 heterocycles. The number of rotatable bonds is 5. The molecule has 4 heteroatoms. The van der Waals surface area contributed by atoms with E-state index in [1.807, 2.05) is 6.92 Å². The minimum atomic E-state index is -0.674. The summed E-state index contributed by atoms with van der Waals surface area (Å²) >= 11 is 0. The Bertz CT molecular complexity index is 344. The highest BCUT2D eigenvalue weighted by molar-refractivity contribution is 5.23. The van der Waals surface area contributed by atoms with Crippen LogP contribution < -0.4 is 5.73 Å². The maximum atomic E-state index is 13.5. The van der Waals surface area contributed by atoms with Crippen molar-refractivity contribution in [3.8, 4) is 0 Å². The SMILES string of the molecule is CCC(CC(O)CN)c1cc(F)ccc1F. The number of halogens is 2. The van der Waals surface area contributed by atoms with E-state index in [9.17, 15) is 13.9 Å². The highest BCUT2D eigenvalue weighted by Gasteiger charge is 2.18. The fraction of sp³-hybridized carbons (Fsp3) is 0.500. The molecule has 2 nitrogen and oxygen atoms in total. The van der Waals surface area contributed by atoms with Gasteiger partial charge in [0, 0.05) is 6.54 Å². The van der Waals surface area contributed by atoms with E-state index in [0.29, 0.717) is 18.4 Å². The Morgan fingerprint density at radius 3 is 2.62 bits per heavy atom. The van der Waals surface area contributed by atoms with Crippen LogP contribution in [0, 0.1) is 11.6 Å². The smallest absolute Gasteiger partial charge is 0.126 e. The molecule has 0 aliphatic heterocycles. The Kier molecular flexibility index (Phi) is 4.83. The van der Waals surface area contributed by atoms with Crippen molar-refractivity contribution in [2.75, 3.05) is 6.54 Å². The second-order valence-corrected chi connectivity index (χ2v) is 3.90. The summed E-state index contributed by atoms with van der Waals surface area (Å²) in [5.41, 5.74) is 5.62. The summed E-state index contributed by atoms with van der Waals surface area (Å²) in [7, 11) is 0. The van der Waals surface area contributed by atoms with E-state index in [0.717, 1.165) is 12.1 Å². The van der Waals surface area contributed by atoms with Gasteiger partial charge in [0.1, 0.15) is 11.6 Å². The Labute approximate surface area is 94.1 Å². The number of aliphatic hydroxyl groups is 1. The van der Waals surface area contributed by atoms with Gasteiger partial charge < -0.3 is 10.8 Å². The molecular weight excluding hydrogens is 212 g/mol. The van der Waals surface area contributed by atoms with E-state index in [2.05, 4.69) is 0 Å². The molecule has 16 heavy (non-hydrogen) atoms. The molecule has 0 aliphatic rings. The minimum absolute atomic E-state index is 0.132. The van der Waals surface area contributed by atoms with Gasteiger partial charge in [-0.25, -0.2) is 8.78 Å². The molecule has 0 radical (unpaired) electrons. The first-order chi connectivity index (χ1) is 7.58. The lowest BCUT2D eigenvalue weighted by molar-refractivity contribution is 0.161. The molecule has 1 aromatic carbocycles. The van der Waals surface area contributed by atoms with Crippen LogP contribution in [-0.4, -0.2) is 17.8 Å². The molecule has 2 unspecified atom stereocenters. The molecule has 0 aromatic heterocycles. The van der Waals surface area contributed by atoms with Gasteiger partial charge in [0.15, 0.2) is 0 Å². The van der Waals surface area contributed by atoms with Crippen molar-refractivity contribution < 1.29 is 13.9 Å². The average molecular weight is 229 g/mol. The number of benzene rings is 1. The zero-order chi connectivity index (χ0) is 12.1.